The summed E-state index contributed by atoms with van der Waals surface area (Å²) in [6.45, 7) is 1.69. The Labute approximate surface area is 108 Å². The van der Waals surface area contributed by atoms with E-state index in [9.17, 15) is 5.11 Å². The van der Waals surface area contributed by atoms with Gasteiger partial charge in [-0.3, -0.25) is 0 Å². The first kappa shape index (κ1) is 12.2. The van der Waals surface area contributed by atoms with Crippen LogP contribution in [0.25, 0.3) is 0 Å². The Morgan fingerprint density at radius 1 is 1.11 bits per heavy atom. The Kier molecular flexibility index (Phi) is 3.64. The minimum atomic E-state index is -0.572. The van der Waals surface area contributed by atoms with Gasteiger partial charge < -0.3 is 14.6 Å². The molecule has 0 spiro atoms. The van der Waals surface area contributed by atoms with Gasteiger partial charge in [0.05, 0.1) is 19.8 Å². The molecule has 3 rings (SSSR count). The fourth-order valence-electron chi connectivity index (χ4n) is 2.84. The summed E-state index contributed by atoms with van der Waals surface area (Å²) < 4.78 is 10.9. The zero-order chi connectivity index (χ0) is 12.4. The fraction of sp³-hybridized carbons (Fsp3) is 0.600. The molecule has 2 aliphatic rings. The third-order valence-electron chi connectivity index (χ3n) is 3.91. The molecule has 0 radical (unpaired) electrons. The van der Waals surface area contributed by atoms with Crippen molar-refractivity contribution in [2.75, 3.05) is 19.8 Å². The second-order valence-electron chi connectivity index (χ2n) is 5.16. The highest BCUT2D eigenvalue weighted by atomic mass is 16.6. The highest BCUT2D eigenvalue weighted by Crippen LogP contribution is 2.27. The van der Waals surface area contributed by atoms with Gasteiger partial charge >= 0.3 is 0 Å². The molecule has 1 saturated heterocycles. The largest absolute Gasteiger partial charge is 0.386 e. The van der Waals surface area contributed by atoms with Crippen molar-refractivity contribution in [1.29, 1.82) is 0 Å². The Hall–Kier alpha value is -0.900. The summed E-state index contributed by atoms with van der Waals surface area (Å²) in [7, 11) is 0. The molecule has 0 aromatic heterocycles. The van der Waals surface area contributed by atoms with Gasteiger partial charge in [0.25, 0.3) is 0 Å². The van der Waals surface area contributed by atoms with Crippen molar-refractivity contribution in [1.82, 2.24) is 0 Å². The molecule has 1 aliphatic carbocycles. The fourth-order valence-corrected chi connectivity index (χ4v) is 2.84. The first-order valence-electron chi connectivity index (χ1n) is 6.84. The maximum atomic E-state index is 10.3. The summed E-state index contributed by atoms with van der Waals surface area (Å²) >= 11 is 0. The summed E-state index contributed by atoms with van der Waals surface area (Å²) in [4.78, 5) is 0. The molecule has 1 aromatic rings. The van der Waals surface area contributed by atoms with Crippen molar-refractivity contribution in [3.63, 3.8) is 0 Å². The van der Waals surface area contributed by atoms with E-state index in [-0.39, 0.29) is 6.10 Å². The van der Waals surface area contributed by atoms with Crippen LogP contribution >= 0.6 is 0 Å². The number of hydrogen-bond acceptors (Lipinski definition) is 3. The van der Waals surface area contributed by atoms with Gasteiger partial charge in [0, 0.05) is 0 Å². The normalized spacial score (nSPS) is 25.5. The number of benzene rings is 1. The molecule has 0 amide bonds. The first-order chi connectivity index (χ1) is 8.84. The second kappa shape index (κ2) is 5.39. The number of rotatable bonds is 2. The molecule has 1 aliphatic heterocycles. The quantitative estimate of drug-likeness (QED) is 0.870. The number of hydrogen-bond donors (Lipinski definition) is 1. The van der Waals surface area contributed by atoms with Crippen LogP contribution in [-0.2, 0) is 22.3 Å². The summed E-state index contributed by atoms with van der Waals surface area (Å²) in [5, 5.41) is 10.3. The van der Waals surface area contributed by atoms with Gasteiger partial charge in [0.1, 0.15) is 12.2 Å². The summed E-state index contributed by atoms with van der Waals surface area (Å²) in [6.07, 6.45) is 4.06. The highest BCUT2D eigenvalue weighted by molar-refractivity contribution is 5.35. The molecule has 0 saturated carbocycles. The van der Waals surface area contributed by atoms with Crippen molar-refractivity contribution in [2.45, 2.75) is 37.9 Å². The van der Waals surface area contributed by atoms with E-state index < -0.39 is 6.10 Å². The van der Waals surface area contributed by atoms with Crippen LogP contribution in [-0.4, -0.2) is 31.0 Å². The minimum Gasteiger partial charge on any atom is -0.386 e. The monoisotopic (exact) mass is 248 g/mol. The third kappa shape index (κ3) is 2.44. The van der Waals surface area contributed by atoms with E-state index in [1.165, 1.54) is 30.4 Å². The molecule has 18 heavy (non-hydrogen) atoms. The smallest absolute Gasteiger partial charge is 0.111 e. The van der Waals surface area contributed by atoms with Crippen molar-refractivity contribution in [3.05, 3.63) is 34.9 Å². The molecule has 2 atom stereocenters. The van der Waals surface area contributed by atoms with Crippen LogP contribution in [0, 0.1) is 0 Å². The Balaban J connectivity index is 1.78. The lowest BCUT2D eigenvalue weighted by atomic mass is 9.89. The van der Waals surface area contributed by atoms with Crippen molar-refractivity contribution < 1.29 is 14.6 Å². The first-order valence-corrected chi connectivity index (χ1v) is 6.84. The molecule has 1 heterocycles. The Morgan fingerprint density at radius 2 is 1.94 bits per heavy atom. The summed E-state index contributed by atoms with van der Waals surface area (Å²) in [6, 6.07) is 6.35. The standard InChI is InChI=1S/C15H20O3/c16-15(14-10-17-7-8-18-14)13-6-5-11-3-1-2-4-12(11)9-13/h5-6,9,14-16H,1-4,7-8,10H2. The Bertz CT molecular complexity index is 410. The second-order valence-corrected chi connectivity index (χ2v) is 5.16. The predicted octanol–water partition coefficient (Wildman–Crippen LogP) is 2.01. The zero-order valence-corrected chi connectivity index (χ0v) is 10.6. The maximum absolute atomic E-state index is 10.3. The van der Waals surface area contributed by atoms with Gasteiger partial charge in [-0.1, -0.05) is 18.2 Å². The van der Waals surface area contributed by atoms with E-state index in [1.807, 2.05) is 6.07 Å². The molecular formula is C15H20O3. The molecule has 3 heteroatoms. The van der Waals surface area contributed by atoms with Gasteiger partial charge in [0.15, 0.2) is 0 Å². The van der Waals surface area contributed by atoms with Gasteiger partial charge in [-0.05, 0) is 42.4 Å². The van der Waals surface area contributed by atoms with Gasteiger partial charge in [-0.25, -0.2) is 0 Å². The maximum Gasteiger partial charge on any atom is 0.111 e. The SMILES string of the molecule is OC(c1ccc2c(c1)CCCC2)C1COCCO1. The third-order valence-corrected chi connectivity index (χ3v) is 3.91. The van der Waals surface area contributed by atoms with Crippen molar-refractivity contribution in [2.24, 2.45) is 0 Å². The molecule has 0 bridgehead atoms. The van der Waals surface area contributed by atoms with Crippen LogP contribution in [0.4, 0.5) is 0 Å². The summed E-state index contributed by atoms with van der Waals surface area (Å²) in [5.74, 6) is 0. The van der Waals surface area contributed by atoms with Crippen molar-refractivity contribution >= 4 is 0 Å². The van der Waals surface area contributed by atoms with E-state index >= 15 is 0 Å². The summed E-state index contributed by atoms with van der Waals surface area (Å²) in [5.41, 5.74) is 3.80. The van der Waals surface area contributed by atoms with Crippen LogP contribution in [0.5, 0.6) is 0 Å². The van der Waals surface area contributed by atoms with Crippen molar-refractivity contribution in [3.8, 4) is 0 Å². The van der Waals surface area contributed by atoms with Crippen LogP contribution in [0.2, 0.25) is 0 Å². The van der Waals surface area contributed by atoms with E-state index in [4.69, 9.17) is 9.47 Å². The van der Waals surface area contributed by atoms with Gasteiger partial charge in [-0.15, -0.1) is 0 Å². The molecular weight excluding hydrogens is 228 g/mol. The lowest BCUT2D eigenvalue weighted by Crippen LogP contribution is -2.33. The molecule has 1 N–H and O–H groups in total. The number of fused-ring (bicyclic) bond motifs is 1. The molecule has 3 nitrogen and oxygen atoms in total. The highest BCUT2D eigenvalue weighted by Gasteiger charge is 2.25. The number of aliphatic hydroxyl groups is 1. The average molecular weight is 248 g/mol. The van der Waals surface area contributed by atoms with E-state index in [0.29, 0.717) is 19.8 Å². The van der Waals surface area contributed by atoms with Crippen LogP contribution in [0.15, 0.2) is 18.2 Å². The lowest BCUT2D eigenvalue weighted by molar-refractivity contribution is -0.133. The van der Waals surface area contributed by atoms with Gasteiger partial charge in [-0.2, -0.15) is 0 Å². The lowest BCUT2D eigenvalue weighted by Gasteiger charge is -2.28. The molecule has 1 aromatic carbocycles. The van der Waals surface area contributed by atoms with E-state index in [0.717, 1.165) is 12.0 Å². The van der Waals surface area contributed by atoms with Crippen LogP contribution in [0.1, 0.15) is 35.6 Å². The molecule has 98 valence electrons. The molecule has 1 fully saturated rings. The topological polar surface area (TPSA) is 38.7 Å². The minimum absolute atomic E-state index is 0.222. The van der Waals surface area contributed by atoms with Crippen LogP contribution in [0.3, 0.4) is 0 Å². The predicted molar refractivity (Wildman–Crippen MR) is 68.6 cm³/mol. The molecule has 2 unspecified atom stereocenters. The number of ether oxygens (including phenoxy) is 2. The van der Waals surface area contributed by atoms with E-state index in [1.54, 1.807) is 0 Å². The van der Waals surface area contributed by atoms with Gasteiger partial charge in [0.2, 0.25) is 0 Å². The van der Waals surface area contributed by atoms with Crippen LogP contribution < -0.4 is 0 Å². The number of aliphatic hydroxyl groups excluding tert-OH is 1. The Morgan fingerprint density at radius 3 is 2.72 bits per heavy atom. The van der Waals surface area contributed by atoms with E-state index in [2.05, 4.69) is 12.1 Å². The number of aryl methyl sites for hydroxylation is 2. The zero-order valence-electron chi connectivity index (χ0n) is 10.6. The average Bonchev–Trinajstić information content (AvgIpc) is 2.47.